The van der Waals surface area contributed by atoms with Crippen LogP contribution in [0.3, 0.4) is 0 Å². The Morgan fingerprint density at radius 2 is 2.06 bits per heavy atom. The summed E-state index contributed by atoms with van der Waals surface area (Å²) < 4.78 is 11.8. The molecule has 0 bridgehead atoms. The molecule has 1 unspecified atom stereocenters. The van der Waals surface area contributed by atoms with Crippen molar-refractivity contribution in [3.8, 4) is 5.75 Å². The van der Waals surface area contributed by atoms with Gasteiger partial charge in [-0.1, -0.05) is 0 Å². The molecule has 3 nitrogen and oxygen atoms in total. The SMILES string of the molecule is COc1cc(NC(C)c2ccc(C)o2)ccc1Br. The van der Waals surface area contributed by atoms with Crippen LogP contribution in [0.25, 0.3) is 0 Å². The van der Waals surface area contributed by atoms with Crippen LogP contribution in [0.5, 0.6) is 5.75 Å². The van der Waals surface area contributed by atoms with Gasteiger partial charge in [0.25, 0.3) is 0 Å². The Bertz CT molecular complexity index is 536. The van der Waals surface area contributed by atoms with E-state index < -0.39 is 0 Å². The Labute approximate surface area is 115 Å². The second-order valence-corrected chi connectivity index (χ2v) is 5.02. The van der Waals surface area contributed by atoms with Crippen LogP contribution >= 0.6 is 15.9 Å². The second kappa shape index (κ2) is 5.48. The highest BCUT2D eigenvalue weighted by Crippen LogP contribution is 2.29. The van der Waals surface area contributed by atoms with Gasteiger partial charge in [-0.05, 0) is 54.0 Å². The van der Waals surface area contributed by atoms with Gasteiger partial charge in [-0.3, -0.25) is 0 Å². The van der Waals surface area contributed by atoms with Crippen LogP contribution in [0.2, 0.25) is 0 Å². The topological polar surface area (TPSA) is 34.4 Å². The van der Waals surface area contributed by atoms with E-state index in [2.05, 4.69) is 28.2 Å². The van der Waals surface area contributed by atoms with Crippen molar-refractivity contribution in [3.63, 3.8) is 0 Å². The first-order valence-electron chi connectivity index (χ1n) is 5.76. The summed E-state index contributed by atoms with van der Waals surface area (Å²) in [5.41, 5.74) is 0.997. The first-order valence-corrected chi connectivity index (χ1v) is 6.56. The van der Waals surface area contributed by atoms with E-state index in [9.17, 15) is 0 Å². The number of hydrogen-bond donors (Lipinski definition) is 1. The molecule has 0 spiro atoms. The molecule has 4 heteroatoms. The third-order valence-corrected chi connectivity index (χ3v) is 3.38. The normalized spacial score (nSPS) is 12.2. The van der Waals surface area contributed by atoms with Crippen molar-refractivity contribution in [2.24, 2.45) is 0 Å². The summed E-state index contributed by atoms with van der Waals surface area (Å²) in [6.07, 6.45) is 0. The third-order valence-electron chi connectivity index (χ3n) is 2.72. The summed E-state index contributed by atoms with van der Waals surface area (Å²) in [5.74, 6) is 2.66. The van der Waals surface area contributed by atoms with Gasteiger partial charge in [0.1, 0.15) is 17.3 Å². The predicted molar refractivity (Wildman–Crippen MR) is 76.2 cm³/mol. The minimum absolute atomic E-state index is 0.115. The van der Waals surface area contributed by atoms with E-state index in [0.717, 1.165) is 27.4 Å². The fourth-order valence-electron chi connectivity index (χ4n) is 1.76. The molecular formula is C14H16BrNO2. The van der Waals surface area contributed by atoms with Crippen LogP contribution in [0, 0.1) is 6.92 Å². The third kappa shape index (κ3) is 2.88. The highest BCUT2D eigenvalue weighted by Gasteiger charge is 2.10. The van der Waals surface area contributed by atoms with E-state index in [4.69, 9.17) is 9.15 Å². The predicted octanol–water partition coefficient (Wildman–Crippen LogP) is 4.53. The maximum Gasteiger partial charge on any atom is 0.135 e. The second-order valence-electron chi connectivity index (χ2n) is 4.16. The molecule has 1 N–H and O–H groups in total. The molecule has 0 aliphatic carbocycles. The monoisotopic (exact) mass is 309 g/mol. The van der Waals surface area contributed by atoms with Crippen LogP contribution in [0.4, 0.5) is 5.69 Å². The summed E-state index contributed by atoms with van der Waals surface area (Å²) in [5, 5.41) is 3.38. The number of ether oxygens (including phenoxy) is 1. The zero-order chi connectivity index (χ0) is 13.1. The maximum atomic E-state index is 5.59. The van der Waals surface area contributed by atoms with Gasteiger partial charge in [-0.2, -0.15) is 0 Å². The Morgan fingerprint density at radius 1 is 1.28 bits per heavy atom. The first-order chi connectivity index (χ1) is 8.60. The van der Waals surface area contributed by atoms with E-state index in [0.29, 0.717) is 0 Å². The van der Waals surface area contributed by atoms with Gasteiger partial charge in [0, 0.05) is 11.8 Å². The molecular weight excluding hydrogens is 294 g/mol. The van der Waals surface area contributed by atoms with Crippen molar-refractivity contribution in [1.82, 2.24) is 0 Å². The van der Waals surface area contributed by atoms with Crippen LogP contribution in [0.15, 0.2) is 39.2 Å². The summed E-state index contributed by atoms with van der Waals surface area (Å²) in [4.78, 5) is 0. The summed E-state index contributed by atoms with van der Waals surface area (Å²) in [7, 11) is 1.66. The highest BCUT2D eigenvalue weighted by atomic mass is 79.9. The van der Waals surface area contributed by atoms with Crippen LogP contribution in [-0.2, 0) is 0 Å². The number of halogens is 1. The van der Waals surface area contributed by atoms with E-state index in [1.54, 1.807) is 7.11 Å². The number of furan rings is 1. The van der Waals surface area contributed by atoms with Crippen molar-refractivity contribution in [3.05, 3.63) is 46.3 Å². The number of anilines is 1. The Morgan fingerprint density at radius 3 is 2.67 bits per heavy atom. The van der Waals surface area contributed by atoms with Crippen LogP contribution < -0.4 is 10.1 Å². The minimum atomic E-state index is 0.115. The van der Waals surface area contributed by atoms with Gasteiger partial charge < -0.3 is 14.5 Å². The molecule has 96 valence electrons. The standard InChI is InChI=1S/C14H16BrNO2/c1-9-4-7-13(18-9)10(2)16-11-5-6-12(15)14(8-11)17-3/h4-8,10,16H,1-3H3. The molecule has 0 saturated heterocycles. The molecule has 2 aromatic rings. The largest absolute Gasteiger partial charge is 0.495 e. The van der Waals surface area contributed by atoms with Gasteiger partial charge in [0.2, 0.25) is 0 Å². The summed E-state index contributed by atoms with van der Waals surface area (Å²) >= 11 is 3.43. The molecule has 1 aromatic carbocycles. The molecule has 0 amide bonds. The van der Waals surface area contributed by atoms with Gasteiger partial charge in [-0.25, -0.2) is 0 Å². The lowest BCUT2D eigenvalue weighted by atomic mass is 10.2. The lowest BCUT2D eigenvalue weighted by Gasteiger charge is -2.14. The zero-order valence-electron chi connectivity index (χ0n) is 10.7. The fourth-order valence-corrected chi connectivity index (χ4v) is 2.17. The van der Waals surface area contributed by atoms with Crippen molar-refractivity contribution in [2.45, 2.75) is 19.9 Å². The smallest absolute Gasteiger partial charge is 0.135 e. The van der Waals surface area contributed by atoms with E-state index in [1.807, 2.05) is 37.3 Å². The quantitative estimate of drug-likeness (QED) is 0.901. The lowest BCUT2D eigenvalue weighted by Crippen LogP contribution is -2.05. The molecule has 1 atom stereocenters. The van der Waals surface area contributed by atoms with Crippen molar-refractivity contribution >= 4 is 21.6 Å². The van der Waals surface area contributed by atoms with Crippen LogP contribution in [0.1, 0.15) is 24.5 Å². The molecule has 2 rings (SSSR count). The van der Waals surface area contributed by atoms with E-state index >= 15 is 0 Å². The summed E-state index contributed by atoms with van der Waals surface area (Å²) in [6, 6.07) is 9.99. The van der Waals surface area contributed by atoms with Gasteiger partial charge in [0.05, 0.1) is 17.6 Å². The van der Waals surface area contributed by atoms with E-state index in [1.165, 1.54) is 0 Å². The molecule has 0 fully saturated rings. The fraction of sp³-hybridized carbons (Fsp3) is 0.286. The molecule has 1 aromatic heterocycles. The summed E-state index contributed by atoms with van der Waals surface area (Å²) in [6.45, 7) is 4.01. The van der Waals surface area contributed by atoms with Gasteiger partial charge in [0.15, 0.2) is 0 Å². The molecule has 0 aliphatic rings. The molecule has 0 saturated carbocycles. The lowest BCUT2D eigenvalue weighted by molar-refractivity contribution is 0.412. The highest BCUT2D eigenvalue weighted by molar-refractivity contribution is 9.10. The average molecular weight is 310 g/mol. The van der Waals surface area contributed by atoms with Crippen LogP contribution in [-0.4, -0.2) is 7.11 Å². The first kappa shape index (κ1) is 13.0. The minimum Gasteiger partial charge on any atom is -0.495 e. The van der Waals surface area contributed by atoms with Crippen molar-refractivity contribution in [1.29, 1.82) is 0 Å². The van der Waals surface area contributed by atoms with E-state index in [-0.39, 0.29) is 6.04 Å². The number of nitrogens with one attached hydrogen (secondary N) is 1. The van der Waals surface area contributed by atoms with Gasteiger partial charge in [-0.15, -0.1) is 0 Å². The molecule has 0 aliphatic heterocycles. The van der Waals surface area contributed by atoms with Gasteiger partial charge >= 0.3 is 0 Å². The Kier molecular flexibility index (Phi) is 3.97. The Hall–Kier alpha value is -1.42. The number of hydrogen-bond acceptors (Lipinski definition) is 3. The number of benzene rings is 1. The zero-order valence-corrected chi connectivity index (χ0v) is 12.2. The molecule has 1 heterocycles. The Balaban J connectivity index is 2.14. The number of aryl methyl sites for hydroxylation is 1. The van der Waals surface area contributed by atoms with Crippen molar-refractivity contribution < 1.29 is 9.15 Å². The number of rotatable bonds is 4. The maximum absolute atomic E-state index is 5.59. The molecule has 18 heavy (non-hydrogen) atoms. The average Bonchev–Trinajstić information content (AvgIpc) is 2.78. The molecule has 0 radical (unpaired) electrons. The van der Waals surface area contributed by atoms with Crippen molar-refractivity contribution in [2.75, 3.05) is 12.4 Å². The number of methoxy groups -OCH3 is 1.